The quantitative estimate of drug-likeness (QED) is 0.685. The topological polar surface area (TPSA) is 90.4 Å². The summed E-state index contributed by atoms with van der Waals surface area (Å²) in [5, 5.41) is 14.0. The minimum atomic E-state index is -0.449. The van der Waals surface area contributed by atoms with Crippen molar-refractivity contribution in [1.29, 1.82) is 0 Å². The lowest BCUT2D eigenvalue weighted by Gasteiger charge is -2.27. The van der Waals surface area contributed by atoms with Crippen LogP contribution in [0, 0.1) is 10.1 Å². The summed E-state index contributed by atoms with van der Waals surface area (Å²) in [6, 6.07) is 4.73. The molecule has 106 valence electrons. The molecule has 1 aromatic carbocycles. The first-order valence-electron chi connectivity index (χ1n) is 6.43. The van der Waals surface area contributed by atoms with Gasteiger partial charge in [0.15, 0.2) is 5.58 Å². The average molecular weight is 277 g/mol. The maximum atomic E-state index is 10.7. The first-order chi connectivity index (χ1) is 9.48. The fourth-order valence-corrected chi connectivity index (χ4v) is 2.33. The number of nitro groups is 1. The predicted octanol–water partition coefficient (Wildman–Crippen LogP) is 2.72. The molecule has 1 aliphatic rings. The number of fused-ring (bicyclic) bond motifs is 1. The maximum absolute atomic E-state index is 10.7. The van der Waals surface area contributed by atoms with Crippen LogP contribution in [0.25, 0.3) is 11.1 Å². The molecule has 0 aliphatic carbocycles. The van der Waals surface area contributed by atoms with Gasteiger partial charge in [-0.15, -0.1) is 0 Å². The second kappa shape index (κ2) is 4.45. The van der Waals surface area contributed by atoms with E-state index in [1.54, 1.807) is 6.07 Å². The minimum Gasteiger partial charge on any atom is -0.424 e. The number of rotatable bonds is 3. The van der Waals surface area contributed by atoms with Crippen LogP contribution in [0.3, 0.4) is 0 Å². The normalized spacial score (nSPS) is 26.0. The third kappa shape index (κ3) is 2.09. The molecule has 0 saturated carbocycles. The summed E-state index contributed by atoms with van der Waals surface area (Å²) in [6.07, 6.45) is 0.902. The predicted molar refractivity (Wildman–Crippen MR) is 72.7 cm³/mol. The van der Waals surface area contributed by atoms with Gasteiger partial charge in [-0.1, -0.05) is 0 Å². The van der Waals surface area contributed by atoms with Gasteiger partial charge in [-0.3, -0.25) is 10.1 Å². The van der Waals surface area contributed by atoms with Gasteiger partial charge in [-0.05, 0) is 26.3 Å². The summed E-state index contributed by atoms with van der Waals surface area (Å²) in [5.74, 6) is 0. The van der Waals surface area contributed by atoms with Crippen LogP contribution in [-0.4, -0.2) is 28.2 Å². The second-order valence-corrected chi connectivity index (χ2v) is 5.23. The fraction of sp³-hybridized carbons (Fsp3) is 0.462. The Morgan fingerprint density at radius 2 is 2.35 bits per heavy atom. The van der Waals surface area contributed by atoms with E-state index in [1.165, 1.54) is 12.1 Å². The van der Waals surface area contributed by atoms with Crippen LogP contribution in [0.1, 0.15) is 20.3 Å². The average Bonchev–Trinajstić information content (AvgIpc) is 2.92. The van der Waals surface area contributed by atoms with Crippen molar-refractivity contribution >= 4 is 22.8 Å². The Hall–Kier alpha value is -2.15. The number of anilines is 1. The van der Waals surface area contributed by atoms with Gasteiger partial charge in [0.25, 0.3) is 11.7 Å². The molecule has 0 spiro atoms. The van der Waals surface area contributed by atoms with Gasteiger partial charge in [0.2, 0.25) is 0 Å². The van der Waals surface area contributed by atoms with Gasteiger partial charge in [0.1, 0.15) is 5.52 Å². The number of benzene rings is 1. The van der Waals surface area contributed by atoms with Gasteiger partial charge in [0, 0.05) is 18.7 Å². The van der Waals surface area contributed by atoms with E-state index < -0.39 is 4.92 Å². The van der Waals surface area contributed by atoms with E-state index in [9.17, 15) is 10.1 Å². The number of aromatic nitrogens is 1. The molecule has 7 heteroatoms. The molecule has 1 saturated heterocycles. The molecule has 1 fully saturated rings. The number of hydrogen-bond donors (Lipinski definition) is 1. The zero-order valence-electron chi connectivity index (χ0n) is 11.3. The fourth-order valence-electron chi connectivity index (χ4n) is 2.33. The highest BCUT2D eigenvalue weighted by Crippen LogP contribution is 2.31. The first-order valence-corrected chi connectivity index (χ1v) is 6.43. The molecule has 20 heavy (non-hydrogen) atoms. The Labute approximate surface area is 115 Å². The second-order valence-electron chi connectivity index (χ2n) is 5.23. The lowest BCUT2D eigenvalue weighted by Crippen LogP contribution is -2.41. The number of nitrogens with zero attached hydrogens (tertiary/aromatic N) is 2. The first kappa shape index (κ1) is 12.9. The van der Waals surface area contributed by atoms with E-state index in [2.05, 4.69) is 10.3 Å². The summed E-state index contributed by atoms with van der Waals surface area (Å²) in [4.78, 5) is 14.6. The van der Waals surface area contributed by atoms with Gasteiger partial charge < -0.3 is 14.5 Å². The van der Waals surface area contributed by atoms with Crippen LogP contribution < -0.4 is 5.32 Å². The number of ether oxygens (including phenoxy) is 1. The number of non-ortho nitro benzene ring substituents is 1. The highest BCUT2D eigenvalue weighted by molar-refractivity contribution is 5.77. The Morgan fingerprint density at radius 3 is 3.00 bits per heavy atom. The maximum Gasteiger partial charge on any atom is 0.296 e. The Kier molecular flexibility index (Phi) is 2.86. The van der Waals surface area contributed by atoms with Crippen molar-refractivity contribution in [1.82, 2.24) is 4.98 Å². The van der Waals surface area contributed by atoms with Crippen LogP contribution in [-0.2, 0) is 4.74 Å². The molecule has 0 amide bonds. The molecule has 1 aliphatic heterocycles. The monoisotopic (exact) mass is 277 g/mol. The van der Waals surface area contributed by atoms with Crippen molar-refractivity contribution in [2.75, 3.05) is 11.9 Å². The van der Waals surface area contributed by atoms with Crippen molar-refractivity contribution in [3.05, 3.63) is 28.3 Å². The summed E-state index contributed by atoms with van der Waals surface area (Å²) < 4.78 is 11.1. The Bertz CT molecular complexity index is 669. The van der Waals surface area contributed by atoms with Crippen LogP contribution in [0.4, 0.5) is 11.7 Å². The Morgan fingerprint density at radius 1 is 1.55 bits per heavy atom. The Balaban J connectivity index is 1.91. The standard InChI is InChI=1S/C13H15N3O4/c1-8-13(2,5-6-19-8)15-12-14-10-7-9(16(17)18)3-4-11(10)20-12/h3-4,7-8H,5-6H2,1-2H3,(H,14,15). The highest BCUT2D eigenvalue weighted by atomic mass is 16.6. The molecular weight excluding hydrogens is 262 g/mol. The van der Waals surface area contributed by atoms with Crippen LogP contribution in [0.2, 0.25) is 0 Å². The van der Waals surface area contributed by atoms with Crippen molar-refractivity contribution in [3.63, 3.8) is 0 Å². The van der Waals surface area contributed by atoms with E-state index in [1.807, 2.05) is 13.8 Å². The highest BCUT2D eigenvalue weighted by Gasteiger charge is 2.38. The third-order valence-corrected chi connectivity index (χ3v) is 3.86. The van der Waals surface area contributed by atoms with E-state index >= 15 is 0 Å². The van der Waals surface area contributed by atoms with Crippen molar-refractivity contribution < 1.29 is 14.1 Å². The van der Waals surface area contributed by atoms with E-state index in [0.29, 0.717) is 23.7 Å². The molecule has 2 heterocycles. The molecule has 0 radical (unpaired) electrons. The SMILES string of the molecule is CC1OCCC1(C)Nc1nc2cc([N+](=O)[O-])ccc2o1. The molecule has 2 aromatic rings. The number of hydrogen-bond acceptors (Lipinski definition) is 6. The smallest absolute Gasteiger partial charge is 0.296 e. The molecule has 2 unspecified atom stereocenters. The zero-order valence-corrected chi connectivity index (χ0v) is 11.3. The zero-order chi connectivity index (χ0) is 14.3. The molecule has 2 atom stereocenters. The van der Waals surface area contributed by atoms with Crippen LogP contribution in [0.5, 0.6) is 0 Å². The van der Waals surface area contributed by atoms with E-state index in [0.717, 1.165) is 6.42 Å². The van der Waals surface area contributed by atoms with Gasteiger partial charge in [0.05, 0.1) is 16.6 Å². The molecule has 0 bridgehead atoms. The molecule has 1 aromatic heterocycles. The number of nitrogens with one attached hydrogen (secondary N) is 1. The lowest BCUT2D eigenvalue weighted by molar-refractivity contribution is -0.384. The molecule has 1 N–H and O–H groups in total. The summed E-state index contributed by atoms with van der Waals surface area (Å²) in [5.41, 5.74) is 0.749. The van der Waals surface area contributed by atoms with Gasteiger partial charge in [-0.25, -0.2) is 0 Å². The van der Waals surface area contributed by atoms with E-state index in [4.69, 9.17) is 9.15 Å². The lowest BCUT2D eigenvalue weighted by atomic mass is 9.95. The van der Waals surface area contributed by atoms with Gasteiger partial charge >= 0.3 is 0 Å². The number of nitro benzene ring substituents is 1. The largest absolute Gasteiger partial charge is 0.424 e. The van der Waals surface area contributed by atoms with Crippen molar-refractivity contribution in [2.45, 2.75) is 31.9 Å². The molecule has 3 rings (SSSR count). The summed E-state index contributed by atoms with van der Waals surface area (Å²) in [7, 11) is 0. The van der Waals surface area contributed by atoms with Crippen molar-refractivity contribution in [3.8, 4) is 0 Å². The number of oxazole rings is 1. The van der Waals surface area contributed by atoms with Gasteiger partial charge in [-0.2, -0.15) is 4.98 Å². The minimum absolute atomic E-state index is 0.00105. The van der Waals surface area contributed by atoms with Crippen LogP contribution >= 0.6 is 0 Å². The molecular formula is C13H15N3O4. The summed E-state index contributed by atoms with van der Waals surface area (Å²) in [6.45, 7) is 4.73. The van der Waals surface area contributed by atoms with Crippen LogP contribution in [0.15, 0.2) is 22.6 Å². The third-order valence-electron chi connectivity index (χ3n) is 3.86. The summed E-state index contributed by atoms with van der Waals surface area (Å²) >= 11 is 0. The molecule has 7 nitrogen and oxygen atoms in total. The van der Waals surface area contributed by atoms with E-state index in [-0.39, 0.29) is 17.3 Å². The van der Waals surface area contributed by atoms with Crippen molar-refractivity contribution in [2.24, 2.45) is 0 Å².